The van der Waals surface area contributed by atoms with Gasteiger partial charge in [-0.1, -0.05) is 42.6 Å². The summed E-state index contributed by atoms with van der Waals surface area (Å²) in [5, 5.41) is 11.1. The maximum Gasteiger partial charge on any atom is 0.410 e. The smallest absolute Gasteiger partial charge is 0.410 e. The summed E-state index contributed by atoms with van der Waals surface area (Å²) >= 11 is 1.06. The Balaban J connectivity index is 2.57. The molecular weight excluding hydrogens is 290 g/mol. The topological polar surface area (TPSA) is 66.8 Å². The largest absolute Gasteiger partial charge is 0.480 e. The first-order valence-electron chi connectivity index (χ1n) is 6.70. The third-order valence-electron chi connectivity index (χ3n) is 2.89. The molecule has 0 saturated carbocycles. The number of hydrogen-bond acceptors (Lipinski definition) is 3. The van der Waals surface area contributed by atoms with Gasteiger partial charge in [0.1, 0.15) is 12.6 Å². The number of likely N-dealkylation sites (N-methyl/N-ethyl adjacent to an activating group) is 1. The zero-order valence-electron chi connectivity index (χ0n) is 12.2. The summed E-state index contributed by atoms with van der Waals surface area (Å²) in [4.78, 5) is 24.3. The zero-order chi connectivity index (χ0) is 15.7. The van der Waals surface area contributed by atoms with Crippen LogP contribution in [-0.4, -0.2) is 46.3 Å². The van der Waals surface area contributed by atoms with Gasteiger partial charge in [-0.3, -0.25) is 4.90 Å². The van der Waals surface area contributed by atoms with Crippen LogP contribution in [0.3, 0.4) is 0 Å². The Morgan fingerprint density at radius 2 is 2.05 bits per heavy atom. The lowest BCUT2D eigenvalue weighted by Gasteiger charge is -2.23. The number of nitrogens with zero attached hydrogens (tertiary/aromatic N) is 1. The number of carboxylic acid groups (broad SMARTS) is 1. The van der Waals surface area contributed by atoms with Gasteiger partial charge in [-0.2, -0.15) is 0 Å². The summed E-state index contributed by atoms with van der Waals surface area (Å²) < 4.78 is 5.13. The van der Waals surface area contributed by atoms with Crippen LogP contribution in [0.5, 0.6) is 0 Å². The Morgan fingerprint density at radius 1 is 1.38 bits per heavy atom. The fourth-order valence-electron chi connectivity index (χ4n) is 1.68. The quantitative estimate of drug-likeness (QED) is 0.599. The van der Waals surface area contributed by atoms with Crippen molar-refractivity contribution in [1.29, 1.82) is 0 Å². The van der Waals surface area contributed by atoms with Crippen LogP contribution in [0.1, 0.15) is 18.9 Å². The minimum atomic E-state index is -1.03. The Bertz CT molecular complexity index is 490. The van der Waals surface area contributed by atoms with Gasteiger partial charge in [0, 0.05) is 13.5 Å². The van der Waals surface area contributed by atoms with Crippen LogP contribution in [-0.2, 0) is 16.1 Å². The fourth-order valence-corrected chi connectivity index (χ4v) is 2.28. The minimum absolute atomic E-state index is 0.132. The lowest BCUT2D eigenvalue weighted by atomic mass is 10.2. The highest BCUT2D eigenvalue weighted by atomic mass is 32.1. The Morgan fingerprint density at radius 3 is 2.62 bits per heavy atom. The first-order valence-corrected chi connectivity index (χ1v) is 7.85. The van der Waals surface area contributed by atoms with Gasteiger partial charge in [-0.15, -0.1) is 0 Å². The van der Waals surface area contributed by atoms with E-state index in [0.29, 0.717) is 6.42 Å². The van der Waals surface area contributed by atoms with E-state index in [0.717, 1.165) is 27.6 Å². The second-order valence-electron chi connectivity index (χ2n) is 4.42. The van der Waals surface area contributed by atoms with Crippen molar-refractivity contribution >= 4 is 28.8 Å². The average molecular weight is 311 g/mol. The molecular formula is C15H21NO4S. The van der Waals surface area contributed by atoms with E-state index in [9.17, 15) is 14.7 Å². The number of rotatable bonds is 7. The van der Waals surface area contributed by atoms with Crippen LogP contribution >= 0.6 is 11.4 Å². The van der Waals surface area contributed by atoms with Crippen LogP contribution in [0.4, 0.5) is 4.79 Å². The monoisotopic (exact) mass is 311 g/mol. The molecule has 116 valence electrons. The molecule has 1 amide bonds. The maximum atomic E-state index is 11.9. The SMILES string of the molecule is CC[SH]=CC[C@@H](C(=O)O)N(C)C(=O)OCc1ccccc1. The van der Waals surface area contributed by atoms with Crippen molar-refractivity contribution in [2.24, 2.45) is 0 Å². The summed E-state index contributed by atoms with van der Waals surface area (Å²) in [5.41, 5.74) is 0.863. The minimum Gasteiger partial charge on any atom is -0.480 e. The molecule has 0 unspecified atom stereocenters. The highest BCUT2D eigenvalue weighted by Gasteiger charge is 2.26. The molecule has 1 aromatic rings. The molecule has 1 aromatic carbocycles. The first kappa shape index (κ1) is 17.2. The third kappa shape index (κ3) is 5.99. The molecule has 0 aromatic heterocycles. The van der Waals surface area contributed by atoms with E-state index >= 15 is 0 Å². The van der Waals surface area contributed by atoms with Crippen LogP contribution < -0.4 is 0 Å². The molecule has 0 radical (unpaired) electrons. The highest BCUT2D eigenvalue weighted by molar-refractivity contribution is 7.97. The summed E-state index contributed by atoms with van der Waals surface area (Å²) in [7, 11) is 1.45. The number of aliphatic carboxylic acids is 1. The number of carbonyl (C=O) groups is 2. The summed E-state index contributed by atoms with van der Waals surface area (Å²) in [6.07, 6.45) is -0.324. The number of carbonyl (C=O) groups excluding carboxylic acids is 1. The fraction of sp³-hybridized carbons (Fsp3) is 0.400. The highest BCUT2D eigenvalue weighted by Crippen LogP contribution is 2.07. The molecule has 0 saturated heterocycles. The van der Waals surface area contributed by atoms with Gasteiger partial charge < -0.3 is 9.84 Å². The predicted molar refractivity (Wildman–Crippen MR) is 86.0 cm³/mol. The number of ether oxygens (including phenoxy) is 1. The van der Waals surface area contributed by atoms with E-state index in [-0.39, 0.29) is 6.61 Å². The van der Waals surface area contributed by atoms with E-state index in [1.54, 1.807) is 0 Å². The standard InChI is InChI=1S/C15H21NO4S/c1-3-21-10-9-13(14(17)18)16(2)15(19)20-11-12-7-5-4-6-8-12/h4-8,10,13,21H,3,9,11H2,1-2H3,(H,17,18)/t13-/m0/s1. The van der Waals surface area contributed by atoms with E-state index < -0.39 is 18.1 Å². The molecule has 1 atom stereocenters. The summed E-state index contributed by atoms with van der Waals surface area (Å²) in [5.74, 6) is -0.106. The molecule has 21 heavy (non-hydrogen) atoms. The van der Waals surface area contributed by atoms with Crippen molar-refractivity contribution in [1.82, 2.24) is 4.90 Å². The number of thiol groups is 1. The molecule has 0 bridgehead atoms. The molecule has 0 aliphatic rings. The van der Waals surface area contributed by atoms with Crippen molar-refractivity contribution < 1.29 is 19.4 Å². The van der Waals surface area contributed by atoms with E-state index in [1.165, 1.54) is 7.05 Å². The van der Waals surface area contributed by atoms with E-state index in [4.69, 9.17) is 4.74 Å². The Hall–Kier alpha value is -1.82. The molecule has 0 aliphatic carbocycles. The van der Waals surface area contributed by atoms with Crippen molar-refractivity contribution in [3.63, 3.8) is 0 Å². The molecule has 5 nitrogen and oxygen atoms in total. The van der Waals surface area contributed by atoms with Crippen LogP contribution in [0, 0.1) is 0 Å². The first-order chi connectivity index (χ1) is 10.1. The Labute approximate surface area is 128 Å². The van der Waals surface area contributed by atoms with Gasteiger partial charge in [0.05, 0.1) is 0 Å². The van der Waals surface area contributed by atoms with Crippen LogP contribution in [0.25, 0.3) is 0 Å². The van der Waals surface area contributed by atoms with Gasteiger partial charge in [0.2, 0.25) is 0 Å². The molecule has 0 heterocycles. The Kier molecular flexibility index (Phi) is 7.53. The van der Waals surface area contributed by atoms with Crippen molar-refractivity contribution in [3.8, 4) is 0 Å². The number of carboxylic acids is 1. The van der Waals surface area contributed by atoms with Crippen LogP contribution in [0.15, 0.2) is 30.3 Å². The molecule has 0 fully saturated rings. The van der Waals surface area contributed by atoms with E-state index in [1.807, 2.05) is 42.6 Å². The van der Waals surface area contributed by atoms with Gasteiger partial charge in [-0.05, 0) is 11.3 Å². The number of benzene rings is 1. The van der Waals surface area contributed by atoms with Gasteiger partial charge in [-0.25, -0.2) is 20.9 Å². The molecule has 0 aliphatic heterocycles. The normalized spacial score (nSPS) is 12.5. The number of amides is 1. The number of hydrogen-bond donors (Lipinski definition) is 2. The lowest BCUT2D eigenvalue weighted by molar-refractivity contribution is -0.142. The second kappa shape index (κ2) is 9.18. The molecule has 0 spiro atoms. The van der Waals surface area contributed by atoms with Gasteiger partial charge >= 0.3 is 12.1 Å². The predicted octanol–water partition coefficient (Wildman–Crippen LogP) is 2.39. The summed E-state index contributed by atoms with van der Waals surface area (Å²) in [6, 6.07) is 8.37. The van der Waals surface area contributed by atoms with Crippen molar-refractivity contribution in [2.45, 2.75) is 26.0 Å². The molecule has 1 rings (SSSR count). The second-order valence-corrected chi connectivity index (χ2v) is 5.78. The van der Waals surface area contributed by atoms with Gasteiger partial charge in [0.15, 0.2) is 0 Å². The van der Waals surface area contributed by atoms with Crippen molar-refractivity contribution in [3.05, 3.63) is 35.9 Å². The lowest BCUT2D eigenvalue weighted by Crippen LogP contribution is -2.42. The zero-order valence-corrected chi connectivity index (χ0v) is 13.1. The molecule has 1 N–H and O–H groups in total. The van der Waals surface area contributed by atoms with E-state index in [2.05, 4.69) is 0 Å². The average Bonchev–Trinajstić information content (AvgIpc) is 2.49. The van der Waals surface area contributed by atoms with Gasteiger partial charge in [0.25, 0.3) is 0 Å². The third-order valence-corrected chi connectivity index (χ3v) is 3.72. The molecule has 6 heteroatoms. The summed E-state index contributed by atoms with van der Waals surface area (Å²) in [6.45, 7) is 2.14. The van der Waals surface area contributed by atoms with Crippen LogP contribution in [0.2, 0.25) is 0 Å². The van der Waals surface area contributed by atoms with Crippen molar-refractivity contribution in [2.75, 3.05) is 12.8 Å². The maximum absolute atomic E-state index is 11.9.